The van der Waals surface area contributed by atoms with Crippen LogP contribution < -0.4 is 0 Å². The molecule has 1 aromatic heterocycles. The molecule has 0 aliphatic heterocycles. The van der Waals surface area contributed by atoms with Crippen LogP contribution in [-0.4, -0.2) is 10.1 Å². The van der Waals surface area contributed by atoms with E-state index in [-0.39, 0.29) is 0 Å². The molecule has 2 aromatic rings. The third-order valence-electron chi connectivity index (χ3n) is 2.12. The minimum absolute atomic E-state index is 0.421. The minimum Gasteiger partial charge on any atom is -0.339 e. The van der Waals surface area contributed by atoms with E-state index in [0.29, 0.717) is 40.2 Å². The number of nitrogens with zero attached hydrogens (tertiary/aromatic N) is 2. The van der Waals surface area contributed by atoms with E-state index in [1.165, 1.54) is 0 Å². The van der Waals surface area contributed by atoms with Crippen molar-refractivity contribution < 1.29 is 4.52 Å². The van der Waals surface area contributed by atoms with Gasteiger partial charge in [0.05, 0.1) is 5.02 Å². The number of benzene rings is 1. The molecule has 1 heterocycles. The lowest BCUT2D eigenvalue weighted by Crippen LogP contribution is -1.85. The number of hydrogen-bond donors (Lipinski definition) is 0. The molecule has 3 nitrogen and oxygen atoms in total. The molecule has 0 N–H and O–H groups in total. The SMILES string of the molecule is C#CCCc1nc(-c2cc(Cl)ccc2Cl)no1. The number of halogens is 2. The summed E-state index contributed by atoms with van der Waals surface area (Å²) in [5.74, 6) is 3.43. The molecule has 1 aromatic carbocycles. The van der Waals surface area contributed by atoms with Gasteiger partial charge in [0.2, 0.25) is 11.7 Å². The number of terminal acetylenes is 1. The molecule has 0 aliphatic rings. The molecule has 5 heteroatoms. The zero-order valence-electron chi connectivity index (χ0n) is 8.78. The molecule has 0 saturated heterocycles. The van der Waals surface area contributed by atoms with E-state index in [4.69, 9.17) is 34.1 Å². The molecule has 2 rings (SSSR count). The highest BCUT2D eigenvalue weighted by atomic mass is 35.5. The average Bonchev–Trinajstić information content (AvgIpc) is 2.78. The second-order valence-corrected chi connectivity index (χ2v) is 4.18. The van der Waals surface area contributed by atoms with Gasteiger partial charge in [-0.3, -0.25) is 0 Å². The van der Waals surface area contributed by atoms with E-state index in [1.54, 1.807) is 18.2 Å². The predicted molar refractivity (Wildman–Crippen MR) is 66.9 cm³/mol. The van der Waals surface area contributed by atoms with Crippen molar-refractivity contribution in [2.45, 2.75) is 12.8 Å². The Morgan fingerprint density at radius 1 is 1.35 bits per heavy atom. The molecular weight excluding hydrogens is 259 g/mol. The maximum Gasteiger partial charge on any atom is 0.227 e. The van der Waals surface area contributed by atoms with Gasteiger partial charge in [0.25, 0.3) is 0 Å². The monoisotopic (exact) mass is 266 g/mol. The molecule has 0 spiro atoms. The van der Waals surface area contributed by atoms with Crippen molar-refractivity contribution in [3.05, 3.63) is 34.1 Å². The first kappa shape index (κ1) is 12.0. The normalized spacial score (nSPS) is 10.2. The van der Waals surface area contributed by atoms with Crippen LogP contribution in [0.1, 0.15) is 12.3 Å². The number of aryl methyl sites for hydroxylation is 1. The first-order valence-corrected chi connectivity index (χ1v) is 5.68. The van der Waals surface area contributed by atoms with Gasteiger partial charge in [0, 0.05) is 23.4 Å². The van der Waals surface area contributed by atoms with Crippen molar-refractivity contribution >= 4 is 23.2 Å². The number of rotatable bonds is 3. The van der Waals surface area contributed by atoms with Gasteiger partial charge in [-0.05, 0) is 18.2 Å². The summed E-state index contributed by atoms with van der Waals surface area (Å²) in [4.78, 5) is 4.20. The van der Waals surface area contributed by atoms with Gasteiger partial charge < -0.3 is 4.52 Å². The standard InChI is InChI=1S/C12H8Cl2N2O/c1-2-3-4-11-15-12(16-17-11)9-7-8(13)5-6-10(9)14/h1,5-7H,3-4H2. The van der Waals surface area contributed by atoms with Gasteiger partial charge in [0.1, 0.15) is 0 Å². The van der Waals surface area contributed by atoms with Crippen LogP contribution in [0.2, 0.25) is 10.0 Å². The fourth-order valence-electron chi connectivity index (χ4n) is 1.31. The highest BCUT2D eigenvalue weighted by Gasteiger charge is 2.11. The molecule has 0 fully saturated rings. The predicted octanol–water partition coefficient (Wildman–Crippen LogP) is 3.61. The van der Waals surface area contributed by atoms with Crippen molar-refractivity contribution in [2.75, 3.05) is 0 Å². The summed E-state index contributed by atoms with van der Waals surface area (Å²) < 4.78 is 5.06. The molecule has 0 aliphatic carbocycles. The topological polar surface area (TPSA) is 38.9 Å². The van der Waals surface area contributed by atoms with Gasteiger partial charge in [-0.15, -0.1) is 12.3 Å². The van der Waals surface area contributed by atoms with E-state index in [0.717, 1.165) is 0 Å². The van der Waals surface area contributed by atoms with Gasteiger partial charge in [-0.1, -0.05) is 28.4 Å². The van der Waals surface area contributed by atoms with E-state index >= 15 is 0 Å². The Morgan fingerprint density at radius 3 is 2.94 bits per heavy atom. The first-order valence-electron chi connectivity index (χ1n) is 4.92. The summed E-state index contributed by atoms with van der Waals surface area (Å²) in [6.07, 6.45) is 6.28. The van der Waals surface area contributed by atoms with E-state index < -0.39 is 0 Å². The Balaban J connectivity index is 2.30. The summed E-state index contributed by atoms with van der Waals surface area (Å²) in [7, 11) is 0. The Bertz CT molecular complexity index is 572. The molecule has 0 saturated carbocycles. The van der Waals surface area contributed by atoms with Crippen molar-refractivity contribution in [1.29, 1.82) is 0 Å². The summed E-state index contributed by atoms with van der Waals surface area (Å²) in [5.41, 5.74) is 0.648. The fraction of sp³-hybridized carbons (Fsp3) is 0.167. The van der Waals surface area contributed by atoms with E-state index in [9.17, 15) is 0 Å². The molecular formula is C12H8Cl2N2O. The largest absolute Gasteiger partial charge is 0.339 e. The highest BCUT2D eigenvalue weighted by molar-refractivity contribution is 6.35. The zero-order chi connectivity index (χ0) is 12.3. The number of aromatic nitrogens is 2. The second-order valence-electron chi connectivity index (χ2n) is 3.34. The van der Waals surface area contributed by atoms with Gasteiger partial charge in [-0.25, -0.2) is 0 Å². The summed E-state index contributed by atoms with van der Waals surface area (Å²) >= 11 is 11.9. The van der Waals surface area contributed by atoms with Crippen molar-refractivity contribution in [3.63, 3.8) is 0 Å². The Hall–Kier alpha value is -1.50. The van der Waals surface area contributed by atoms with Gasteiger partial charge >= 0.3 is 0 Å². The maximum atomic E-state index is 6.03. The van der Waals surface area contributed by atoms with Gasteiger partial charge in [0.15, 0.2) is 0 Å². The van der Waals surface area contributed by atoms with Crippen LogP contribution in [0.15, 0.2) is 22.7 Å². The van der Waals surface area contributed by atoms with Crippen molar-refractivity contribution in [2.24, 2.45) is 0 Å². The Kier molecular flexibility index (Phi) is 3.68. The van der Waals surface area contributed by atoms with E-state index in [2.05, 4.69) is 16.1 Å². The van der Waals surface area contributed by atoms with Crippen LogP contribution in [-0.2, 0) is 6.42 Å². The summed E-state index contributed by atoms with van der Waals surface area (Å²) in [5, 5.41) is 4.94. The van der Waals surface area contributed by atoms with Crippen LogP contribution in [0.4, 0.5) is 0 Å². The maximum absolute atomic E-state index is 6.03. The lowest BCUT2D eigenvalue weighted by atomic mass is 10.2. The van der Waals surface area contributed by atoms with Crippen molar-refractivity contribution in [1.82, 2.24) is 10.1 Å². The fourth-order valence-corrected chi connectivity index (χ4v) is 1.69. The Morgan fingerprint density at radius 2 is 2.18 bits per heavy atom. The number of hydrogen-bond acceptors (Lipinski definition) is 3. The molecule has 0 unspecified atom stereocenters. The van der Waals surface area contributed by atoms with Crippen LogP contribution in [0, 0.1) is 12.3 Å². The highest BCUT2D eigenvalue weighted by Crippen LogP contribution is 2.28. The van der Waals surface area contributed by atoms with Gasteiger partial charge in [-0.2, -0.15) is 4.98 Å². The lowest BCUT2D eigenvalue weighted by molar-refractivity contribution is 0.380. The van der Waals surface area contributed by atoms with E-state index in [1.807, 2.05) is 0 Å². The molecule has 0 atom stereocenters. The zero-order valence-corrected chi connectivity index (χ0v) is 10.3. The molecule has 0 bridgehead atoms. The van der Waals surface area contributed by atoms with Crippen LogP contribution >= 0.6 is 23.2 Å². The average molecular weight is 267 g/mol. The van der Waals surface area contributed by atoms with Crippen LogP contribution in [0.25, 0.3) is 11.4 Å². The Labute approximate surface area is 109 Å². The molecule has 17 heavy (non-hydrogen) atoms. The second kappa shape index (κ2) is 5.22. The molecule has 86 valence electrons. The van der Waals surface area contributed by atoms with Crippen LogP contribution in [0.5, 0.6) is 0 Å². The third kappa shape index (κ3) is 2.79. The summed E-state index contributed by atoms with van der Waals surface area (Å²) in [6, 6.07) is 5.09. The smallest absolute Gasteiger partial charge is 0.227 e. The minimum atomic E-state index is 0.421. The third-order valence-corrected chi connectivity index (χ3v) is 2.69. The molecule has 0 amide bonds. The molecule has 0 radical (unpaired) electrons. The quantitative estimate of drug-likeness (QED) is 0.797. The van der Waals surface area contributed by atoms with Crippen LogP contribution in [0.3, 0.4) is 0 Å². The van der Waals surface area contributed by atoms with Crippen molar-refractivity contribution in [3.8, 4) is 23.7 Å². The first-order chi connectivity index (χ1) is 8.20. The lowest BCUT2D eigenvalue weighted by Gasteiger charge is -1.98. The summed E-state index contributed by atoms with van der Waals surface area (Å²) in [6.45, 7) is 0.